The van der Waals surface area contributed by atoms with Gasteiger partial charge < -0.3 is 0 Å². The first-order valence-electron chi connectivity index (χ1n) is 11.8. The smallest absolute Gasteiger partial charge is 0.262 e. The molecule has 0 radical (unpaired) electrons. The molecule has 2 aliphatic rings. The van der Waals surface area contributed by atoms with E-state index in [0.717, 1.165) is 5.56 Å². The molecule has 1 aliphatic heterocycles. The summed E-state index contributed by atoms with van der Waals surface area (Å²) in [6.07, 6.45) is 2.07. The highest BCUT2D eigenvalue weighted by Gasteiger charge is 2.35. The molecule has 9 heteroatoms. The Kier molecular flexibility index (Phi) is 6.89. The van der Waals surface area contributed by atoms with Crippen molar-refractivity contribution >= 4 is 39.1 Å². The number of piperidine rings is 1. The van der Waals surface area contributed by atoms with Gasteiger partial charge >= 0.3 is 0 Å². The van der Waals surface area contributed by atoms with E-state index < -0.39 is 15.9 Å². The number of carbonyl (C=O) groups excluding carboxylic acids is 4. The van der Waals surface area contributed by atoms with Gasteiger partial charge in [-0.25, -0.2) is 8.42 Å². The van der Waals surface area contributed by atoms with E-state index in [1.54, 1.807) is 12.1 Å². The van der Waals surface area contributed by atoms with Crippen molar-refractivity contribution in [2.45, 2.75) is 57.3 Å². The Bertz CT molecular complexity index is 1330. The Morgan fingerprint density at radius 2 is 1.71 bits per heavy atom. The molecule has 1 heterocycles. The SMILES string of the molecule is CCc1cc(C)ccc1S(=O)(=O)Nc1ccc2c(c1)C(=O)CC(CCC1CCC(=O)NC1=O)C2=O. The Hall–Kier alpha value is -3.33. The summed E-state index contributed by atoms with van der Waals surface area (Å²) in [5.74, 6) is -1.92. The molecule has 0 aromatic heterocycles. The zero-order valence-corrected chi connectivity index (χ0v) is 20.5. The fourth-order valence-corrected chi connectivity index (χ4v) is 6.15. The van der Waals surface area contributed by atoms with Crippen LogP contribution >= 0.6 is 0 Å². The fourth-order valence-electron chi connectivity index (χ4n) is 4.81. The van der Waals surface area contributed by atoms with Crippen LogP contribution in [0.2, 0.25) is 0 Å². The molecule has 0 spiro atoms. The number of carbonyl (C=O) groups is 4. The van der Waals surface area contributed by atoms with Crippen molar-refractivity contribution < 1.29 is 27.6 Å². The summed E-state index contributed by atoms with van der Waals surface area (Å²) in [4.78, 5) is 49.4. The van der Waals surface area contributed by atoms with Crippen LogP contribution in [0.25, 0.3) is 0 Å². The van der Waals surface area contributed by atoms with Crippen LogP contribution < -0.4 is 10.0 Å². The lowest BCUT2D eigenvalue weighted by molar-refractivity contribution is -0.136. The molecule has 2 atom stereocenters. The van der Waals surface area contributed by atoms with Crippen LogP contribution in [-0.2, 0) is 26.0 Å². The second-order valence-corrected chi connectivity index (χ2v) is 10.9. The highest BCUT2D eigenvalue weighted by Crippen LogP contribution is 2.33. The van der Waals surface area contributed by atoms with Crippen LogP contribution in [0.15, 0.2) is 41.3 Å². The maximum atomic E-state index is 13.1. The monoisotopic (exact) mass is 496 g/mol. The van der Waals surface area contributed by atoms with Gasteiger partial charge in [0.15, 0.2) is 11.6 Å². The third kappa shape index (κ3) is 5.19. The number of amides is 2. The second-order valence-electron chi connectivity index (χ2n) is 9.24. The number of anilines is 1. The van der Waals surface area contributed by atoms with Gasteiger partial charge in [-0.1, -0.05) is 24.6 Å². The Morgan fingerprint density at radius 3 is 2.43 bits per heavy atom. The number of ketones is 2. The number of hydrogen-bond donors (Lipinski definition) is 2. The van der Waals surface area contributed by atoms with Crippen LogP contribution in [0.4, 0.5) is 5.69 Å². The fraction of sp³-hybridized carbons (Fsp3) is 0.385. The zero-order valence-electron chi connectivity index (χ0n) is 19.7. The summed E-state index contributed by atoms with van der Waals surface area (Å²) in [5.41, 5.74) is 2.34. The van der Waals surface area contributed by atoms with Crippen molar-refractivity contribution in [3.63, 3.8) is 0 Å². The molecule has 4 rings (SSSR count). The summed E-state index contributed by atoms with van der Waals surface area (Å²) in [6.45, 7) is 3.78. The van der Waals surface area contributed by atoms with Crippen molar-refractivity contribution in [1.82, 2.24) is 5.32 Å². The largest absolute Gasteiger partial charge is 0.296 e. The van der Waals surface area contributed by atoms with E-state index in [-0.39, 0.29) is 63.9 Å². The van der Waals surface area contributed by atoms with Crippen molar-refractivity contribution in [3.8, 4) is 0 Å². The number of rotatable bonds is 7. The molecule has 2 N–H and O–H groups in total. The molecule has 0 bridgehead atoms. The minimum absolute atomic E-state index is 0.00719. The molecule has 2 aromatic carbocycles. The van der Waals surface area contributed by atoms with E-state index >= 15 is 0 Å². The minimum Gasteiger partial charge on any atom is -0.296 e. The molecule has 0 saturated carbocycles. The van der Waals surface area contributed by atoms with Crippen LogP contribution in [0.1, 0.15) is 70.9 Å². The average Bonchev–Trinajstić information content (AvgIpc) is 2.80. The summed E-state index contributed by atoms with van der Waals surface area (Å²) in [6, 6.07) is 9.53. The Morgan fingerprint density at radius 1 is 0.971 bits per heavy atom. The van der Waals surface area contributed by atoms with Crippen LogP contribution in [0, 0.1) is 18.8 Å². The number of Topliss-reactive ketones (excluding diaryl/α,β-unsaturated/α-hetero) is 2. The van der Waals surface area contributed by atoms with Crippen molar-refractivity contribution in [3.05, 3.63) is 58.7 Å². The molecule has 184 valence electrons. The van der Waals surface area contributed by atoms with E-state index in [9.17, 15) is 27.6 Å². The van der Waals surface area contributed by atoms with Gasteiger partial charge in [-0.05, 0) is 62.4 Å². The third-order valence-corrected chi connectivity index (χ3v) is 8.23. The van der Waals surface area contributed by atoms with Crippen LogP contribution in [0.3, 0.4) is 0 Å². The van der Waals surface area contributed by atoms with Gasteiger partial charge in [-0.15, -0.1) is 0 Å². The zero-order chi connectivity index (χ0) is 25.3. The highest BCUT2D eigenvalue weighted by molar-refractivity contribution is 7.92. The number of imide groups is 1. The summed E-state index contributed by atoms with van der Waals surface area (Å²) in [5, 5.41) is 2.31. The first-order valence-corrected chi connectivity index (χ1v) is 13.2. The van der Waals surface area contributed by atoms with Crippen molar-refractivity contribution in [2.75, 3.05) is 4.72 Å². The standard InChI is InChI=1S/C26H28N2O6S/c1-3-16-12-15(2)4-10-23(16)35(33,34)28-19-8-9-20-21(14-19)22(29)13-18(25(20)31)6-5-17-7-11-24(30)27-26(17)32/h4,8-10,12,14,17-18,28H,3,5-7,11,13H2,1-2H3,(H,27,30,32). The molecule has 35 heavy (non-hydrogen) atoms. The summed E-state index contributed by atoms with van der Waals surface area (Å²) in [7, 11) is -3.88. The number of hydrogen-bond acceptors (Lipinski definition) is 6. The van der Waals surface area contributed by atoms with Gasteiger partial charge in [0.05, 0.1) is 4.90 Å². The lowest BCUT2D eigenvalue weighted by Crippen LogP contribution is -2.41. The van der Waals surface area contributed by atoms with E-state index in [0.29, 0.717) is 31.2 Å². The van der Waals surface area contributed by atoms with Gasteiger partial charge in [0.1, 0.15) is 0 Å². The number of benzene rings is 2. The minimum atomic E-state index is -3.88. The maximum Gasteiger partial charge on any atom is 0.262 e. The van der Waals surface area contributed by atoms with E-state index in [4.69, 9.17) is 0 Å². The number of aryl methyl sites for hydroxylation is 2. The molecule has 2 aromatic rings. The van der Waals surface area contributed by atoms with Gasteiger partial charge in [-0.2, -0.15) is 0 Å². The van der Waals surface area contributed by atoms with E-state index in [2.05, 4.69) is 10.0 Å². The number of sulfonamides is 1. The molecular weight excluding hydrogens is 468 g/mol. The second kappa shape index (κ2) is 9.73. The van der Waals surface area contributed by atoms with Gasteiger partial charge in [-0.3, -0.25) is 29.2 Å². The van der Waals surface area contributed by atoms with Gasteiger partial charge in [0, 0.05) is 41.5 Å². The number of nitrogens with one attached hydrogen (secondary N) is 2. The van der Waals surface area contributed by atoms with Crippen molar-refractivity contribution in [2.24, 2.45) is 11.8 Å². The summed E-state index contributed by atoms with van der Waals surface area (Å²) < 4.78 is 28.6. The first-order chi connectivity index (χ1) is 16.6. The Balaban J connectivity index is 1.50. The normalized spacial score (nSPS) is 20.4. The molecule has 1 aliphatic carbocycles. The number of fused-ring (bicyclic) bond motifs is 1. The average molecular weight is 497 g/mol. The van der Waals surface area contributed by atoms with Gasteiger partial charge in [0.25, 0.3) is 10.0 Å². The van der Waals surface area contributed by atoms with E-state index in [1.165, 1.54) is 18.2 Å². The van der Waals surface area contributed by atoms with E-state index in [1.807, 2.05) is 19.9 Å². The highest BCUT2D eigenvalue weighted by atomic mass is 32.2. The quantitative estimate of drug-likeness (QED) is 0.564. The van der Waals surface area contributed by atoms with Crippen molar-refractivity contribution in [1.29, 1.82) is 0 Å². The Labute approximate surface area is 204 Å². The topological polar surface area (TPSA) is 126 Å². The summed E-state index contributed by atoms with van der Waals surface area (Å²) >= 11 is 0. The molecular formula is C26H28N2O6S. The van der Waals surface area contributed by atoms with Gasteiger partial charge in [0.2, 0.25) is 11.8 Å². The molecule has 8 nitrogen and oxygen atoms in total. The predicted molar refractivity (Wildman–Crippen MR) is 130 cm³/mol. The predicted octanol–water partition coefficient (Wildman–Crippen LogP) is 3.58. The first kappa shape index (κ1) is 24.8. The molecule has 1 fully saturated rings. The third-order valence-electron chi connectivity index (χ3n) is 6.74. The molecule has 2 unspecified atom stereocenters. The maximum absolute atomic E-state index is 13.1. The molecule has 1 saturated heterocycles. The van der Waals surface area contributed by atoms with Crippen LogP contribution in [0.5, 0.6) is 0 Å². The van der Waals surface area contributed by atoms with Crippen LogP contribution in [-0.4, -0.2) is 31.8 Å². The lowest BCUT2D eigenvalue weighted by atomic mass is 9.78. The molecule has 2 amide bonds. The lowest BCUT2D eigenvalue weighted by Gasteiger charge is -2.26.